The third-order valence-corrected chi connectivity index (χ3v) is 7.23. The van der Waals surface area contributed by atoms with Crippen LogP contribution >= 0.6 is 22.9 Å². The topological polar surface area (TPSA) is 75.3 Å². The van der Waals surface area contributed by atoms with E-state index in [0.29, 0.717) is 10.8 Å². The number of rotatable bonds is 7. The first kappa shape index (κ1) is 20.4. The molecule has 1 aromatic heterocycles. The number of hydrogen-bond donors (Lipinski definition) is 2. The second kappa shape index (κ2) is 8.77. The summed E-state index contributed by atoms with van der Waals surface area (Å²) in [5.74, 6) is -0.349. The summed E-state index contributed by atoms with van der Waals surface area (Å²) in [7, 11) is -3.83. The molecule has 0 unspecified atom stereocenters. The number of anilines is 1. The zero-order valence-electron chi connectivity index (χ0n) is 15.1. The Bertz CT molecular complexity index is 1070. The molecule has 0 spiro atoms. The summed E-state index contributed by atoms with van der Waals surface area (Å²) in [5, 5.41) is 2.98. The van der Waals surface area contributed by atoms with Crippen LogP contribution in [0.25, 0.3) is 0 Å². The highest BCUT2D eigenvalue weighted by Crippen LogP contribution is 2.28. The lowest BCUT2D eigenvalue weighted by Crippen LogP contribution is -2.29. The summed E-state index contributed by atoms with van der Waals surface area (Å²) < 4.78 is 28.2. The molecule has 0 saturated carbocycles. The highest BCUT2D eigenvalue weighted by Gasteiger charge is 2.21. The second-order valence-corrected chi connectivity index (χ2v) is 9.68. The number of sulfonamides is 1. The Labute approximate surface area is 173 Å². The number of amides is 1. The number of nitrogens with one attached hydrogen (secondary N) is 2. The quantitative estimate of drug-likeness (QED) is 0.544. The SMILES string of the molecule is CC[C@H](NC(=O)c1ccccc1NS(=O)(=O)c1ccc(Cl)s1)c1ccccc1. The van der Waals surface area contributed by atoms with E-state index in [1.165, 1.54) is 12.1 Å². The van der Waals surface area contributed by atoms with Crippen molar-refractivity contribution in [1.82, 2.24) is 5.32 Å². The van der Waals surface area contributed by atoms with E-state index in [2.05, 4.69) is 10.0 Å². The molecule has 0 bridgehead atoms. The van der Waals surface area contributed by atoms with E-state index < -0.39 is 10.0 Å². The standard InChI is InChI=1S/C20H19ClN2O3S2/c1-2-16(14-8-4-3-5-9-14)22-20(24)15-10-6-7-11-17(15)23-28(25,26)19-13-12-18(21)27-19/h3-13,16,23H,2H2,1H3,(H,22,24)/t16-/m0/s1. The Morgan fingerprint density at radius 2 is 1.71 bits per heavy atom. The molecule has 1 amide bonds. The van der Waals surface area contributed by atoms with Gasteiger partial charge in [0.15, 0.2) is 0 Å². The van der Waals surface area contributed by atoms with Crippen molar-refractivity contribution in [2.75, 3.05) is 4.72 Å². The van der Waals surface area contributed by atoms with E-state index in [4.69, 9.17) is 11.6 Å². The first-order valence-corrected chi connectivity index (χ1v) is 11.3. The maximum Gasteiger partial charge on any atom is 0.271 e. The summed E-state index contributed by atoms with van der Waals surface area (Å²) >= 11 is 6.80. The minimum atomic E-state index is -3.83. The lowest BCUT2D eigenvalue weighted by molar-refractivity contribution is 0.0936. The van der Waals surface area contributed by atoms with E-state index in [-0.39, 0.29) is 27.4 Å². The zero-order chi connectivity index (χ0) is 20.1. The van der Waals surface area contributed by atoms with Gasteiger partial charge in [-0.2, -0.15) is 0 Å². The first-order valence-electron chi connectivity index (χ1n) is 8.63. The highest BCUT2D eigenvalue weighted by molar-refractivity contribution is 7.94. The minimum Gasteiger partial charge on any atom is -0.345 e. The smallest absolute Gasteiger partial charge is 0.271 e. The van der Waals surface area contributed by atoms with Crippen LogP contribution in [-0.2, 0) is 10.0 Å². The van der Waals surface area contributed by atoms with Gasteiger partial charge in [0, 0.05) is 0 Å². The molecule has 3 aromatic rings. The van der Waals surface area contributed by atoms with Crippen LogP contribution in [0, 0.1) is 0 Å². The molecule has 2 aromatic carbocycles. The predicted octanol–water partition coefficient (Wildman–Crippen LogP) is 5.08. The predicted molar refractivity (Wildman–Crippen MR) is 114 cm³/mol. The van der Waals surface area contributed by atoms with Crippen molar-refractivity contribution in [2.45, 2.75) is 23.6 Å². The van der Waals surface area contributed by atoms with Gasteiger partial charge in [-0.05, 0) is 36.2 Å². The Kier molecular flexibility index (Phi) is 6.39. The number of halogens is 1. The van der Waals surface area contributed by atoms with E-state index in [9.17, 15) is 13.2 Å². The molecule has 8 heteroatoms. The summed E-state index contributed by atoms with van der Waals surface area (Å²) in [6.07, 6.45) is 0.706. The molecule has 1 atom stereocenters. The lowest BCUT2D eigenvalue weighted by Gasteiger charge is -2.19. The lowest BCUT2D eigenvalue weighted by atomic mass is 10.0. The molecule has 1 heterocycles. The number of carbonyl (C=O) groups excluding carboxylic acids is 1. The number of para-hydroxylation sites is 1. The maximum atomic E-state index is 12.9. The van der Waals surface area contributed by atoms with Crippen molar-refractivity contribution in [1.29, 1.82) is 0 Å². The fraction of sp³-hybridized carbons (Fsp3) is 0.150. The van der Waals surface area contributed by atoms with E-state index in [0.717, 1.165) is 16.9 Å². The van der Waals surface area contributed by atoms with Crippen LogP contribution in [0.1, 0.15) is 35.3 Å². The van der Waals surface area contributed by atoms with Crippen molar-refractivity contribution in [3.63, 3.8) is 0 Å². The van der Waals surface area contributed by atoms with Gasteiger partial charge in [-0.3, -0.25) is 9.52 Å². The minimum absolute atomic E-state index is 0.0865. The fourth-order valence-electron chi connectivity index (χ4n) is 2.75. The monoisotopic (exact) mass is 434 g/mol. The van der Waals surface area contributed by atoms with Gasteiger partial charge in [-0.15, -0.1) is 11.3 Å². The summed E-state index contributed by atoms with van der Waals surface area (Å²) in [6.45, 7) is 1.98. The Morgan fingerprint density at radius 3 is 2.36 bits per heavy atom. The average Bonchev–Trinajstić information content (AvgIpc) is 3.14. The van der Waals surface area contributed by atoms with Gasteiger partial charge in [-0.1, -0.05) is 61.0 Å². The Hall–Kier alpha value is -2.35. The fourth-order valence-corrected chi connectivity index (χ4v) is 5.31. The molecule has 0 saturated heterocycles. The first-order chi connectivity index (χ1) is 13.4. The van der Waals surface area contributed by atoms with Crippen LogP contribution in [0.15, 0.2) is 70.9 Å². The van der Waals surface area contributed by atoms with Crippen molar-refractivity contribution < 1.29 is 13.2 Å². The average molecular weight is 435 g/mol. The molecule has 5 nitrogen and oxygen atoms in total. The Balaban J connectivity index is 1.84. The summed E-state index contributed by atoms with van der Waals surface area (Å²) in [5.41, 5.74) is 1.46. The van der Waals surface area contributed by atoms with Gasteiger partial charge in [0.1, 0.15) is 4.21 Å². The van der Waals surface area contributed by atoms with Gasteiger partial charge >= 0.3 is 0 Å². The Morgan fingerprint density at radius 1 is 1.04 bits per heavy atom. The van der Waals surface area contributed by atoms with Gasteiger partial charge in [0.05, 0.1) is 21.6 Å². The highest BCUT2D eigenvalue weighted by atomic mass is 35.5. The zero-order valence-corrected chi connectivity index (χ0v) is 17.4. The van der Waals surface area contributed by atoms with Gasteiger partial charge in [0.2, 0.25) is 0 Å². The molecule has 0 aliphatic rings. The third-order valence-electron chi connectivity index (χ3n) is 4.14. The molecule has 28 heavy (non-hydrogen) atoms. The molecule has 2 N–H and O–H groups in total. The van der Waals surface area contributed by atoms with E-state index >= 15 is 0 Å². The van der Waals surface area contributed by atoms with Gasteiger partial charge < -0.3 is 5.32 Å². The number of thiophene rings is 1. The van der Waals surface area contributed by atoms with Crippen LogP contribution < -0.4 is 10.0 Å². The largest absolute Gasteiger partial charge is 0.345 e. The van der Waals surface area contributed by atoms with Gasteiger partial charge in [0.25, 0.3) is 15.9 Å². The van der Waals surface area contributed by atoms with Crippen LogP contribution in [-0.4, -0.2) is 14.3 Å². The van der Waals surface area contributed by atoms with Crippen LogP contribution in [0.2, 0.25) is 4.34 Å². The molecule has 0 aliphatic heterocycles. The number of carbonyl (C=O) groups is 1. The molecule has 0 aliphatic carbocycles. The van der Waals surface area contributed by atoms with E-state index in [1.807, 2.05) is 37.3 Å². The summed E-state index contributed by atoms with van der Waals surface area (Å²) in [4.78, 5) is 12.9. The van der Waals surface area contributed by atoms with E-state index in [1.54, 1.807) is 24.3 Å². The van der Waals surface area contributed by atoms with Crippen molar-refractivity contribution in [3.8, 4) is 0 Å². The number of benzene rings is 2. The molecular formula is C20H19ClN2O3S2. The summed E-state index contributed by atoms with van der Waals surface area (Å²) in [6, 6.07) is 18.9. The normalized spacial score (nSPS) is 12.4. The third kappa shape index (κ3) is 4.73. The maximum absolute atomic E-state index is 12.9. The van der Waals surface area contributed by atoms with Crippen molar-refractivity contribution >= 4 is 44.6 Å². The van der Waals surface area contributed by atoms with Crippen LogP contribution in [0.3, 0.4) is 0 Å². The molecule has 0 radical (unpaired) electrons. The van der Waals surface area contributed by atoms with Crippen LogP contribution in [0.4, 0.5) is 5.69 Å². The molecular weight excluding hydrogens is 416 g/mol. The van der Waals surface area contributed by atoms with Crippen molar-refractivity contribution in [3.05, 3.63) is 82.2 Å². The van der Waals surface area contributed by atoms with Crippen LogP contribution in [0.5, 0.6) is 0 Å². The molecule has 0 fully saturated rings. The molecule has 3 rings (SSSR count). The van der Waals surface area contributed by atoms with Gasteiger partial charge in [-0.25, -0.2) is 8.42 Å². The second-order valence-electron chi connectivity index (χ2n) is 6.05. The number of hydrogen-bond acceptors (Lipinski definition) is 4. The molecule has 146 valence electrons. The van der Waals surface area contributed by atoms with Crippen molar-refractivity contribution in [2.24, 2.45) is 0 Å².